The lowest BCUT2D eigenvalue weighted by atomic mass is 9.63. The molecule has 2 saturated heterocycles. The first-order valence-corrected chi connectivity index (χ1v) is 3.52. The van der Waals surface area contributed by atoms with E-state index in [0.29, 0.717) is 5.41 Å². The monoisotopic (exact) mass is 163 g/mol. The summed E-state index contributed by atoms with van der Waals surface area (Å²) in [6.45, 7) is 3.89. The zero-order valence-electron chi connectivity index (χ0n) is 6.22. The van der Waals surface area contributed by atoms with Crippen molar-refractivity contribution < 1.29 is 4.74 Å². The van der Waals surface area contributed by atoms with Gasteiger partial charge < -0.3 is 10.5 Å². The van der Waals surface area contributed by atoms with E-state index >= 15 is 0 Å². The van der Waals surface area contributed by atoms with Crippen LogP contribution < -0.4 is 5.73 Å². The Kier molecular flexibility index (Phi) is 1.74. The van der Waals surface area contributed by atoms with Crippen LogP contribution in [0.3, 0.4) is 0 Å². The third kappa shape index (κ3) is 0.865. The zero-order chi connectivity index (χ0) is 6.54. The summed E-state index contributed by atoms with van der Waals surface area (Å²) in [6.07, 6.45) is 2.38. The Morgan fingerprint density at radius 1 is 1.50 bits per heavy atom. The molecular formula is C7H14ClNO. The molecule has 1 aliphatic carbocycles. The van der Waals surface area contributed by atoms with Crippen molar-refractivity contribution in [3.8, 4) is 0 Å². The average Bonchev–Trinajstić information content (AvgIpc) is 2.20. The van der Waals surface area contributed by atoms with E-state index in [2.05, 4.69) is 6.92 Å². The molecule has 0 atom stereocenters. The van der Waals surface area contributed by atoms with Crippen molar-refractivity contribution in [3.63, 3.8) is 0 Å². The van der Waals surface area contributed by atoms with Gasteiger partial charge in [0.05, 0.1) is 12.2 Å². The Morgan fingerprint density at radius 3 is 2.30 bits per heavy atom. The molecule has 60 valence electrons. The molecule has 0 aromatic heterocycles. The molecule has 2 N–H and O–H groups in total. The minimum atomic E-state index is 0. The summed E-state index contributed by atoms with van der Waals surface area (Å²) >= 11 is 0. The first-order valence-electron chi connectivity index (χ1n) is 3.52. The second-order valence-electron chi connectivity index (χ2n) is 3.80. The Bertz CT molecular complexity index is 143. The van der Waals surface area contributed by atoms with Crippen molar-refractivity contribution >= 4 is 12.4 Å². The molecule has 0 unspecified atom stereocenters. The van der Waals surface area contributed by atoms with Gasteiger partial charge in [-0.25, -0.2) is 0 Å². The summed E-state index contributed by atoms with van der Waals surface area (Å²) in [5, 5.41) is 0. The Balaban J connectivity index is 0.000000500. The van der Waals surface area contributed by atoms with Gasteiger partial charge in [0.1, 0.15) is 0 Å². The van der Waals surface area contributed by atoms with E-state index in [4.69, 9.17) is 10.5 Å². The molecule has 0 aromatic carbocycles. The molecule has 1 saturated carbocycles. The minimum absolute atomic E-state index is 0. The molecule has 2 heterocycles. The largest absolute Gasteiger partial charge is 0.375 e. The van der Waals surface area contributed by atoms with Gasteiger partial charge in [0, 0.05) is 12.0 Å². The highest BCUT2D eigenvalue weighted by molar-refractivity contribution is 5.85. The third-order valence-electron chi connectivity index (χ3n) is 2.66. The van der Waals surface area contributed by atoms with Gasteiger partial charge in [0.2, 0.25) is 0 Å². The highest BCUT2D eigenvalue weighted by Gasteiger charge is 2.58. The second kappa shape index (κ2) is 2.10. The quantitative estimate of drug-likeness (QED) is 0.625. The summed E-state index contributed by atoms with van der Waals surface area (Å²) < 4.78 is 5.53. The number of fused-ring (bicyclic) bond motifs is 1. The fourth-order valence-corrected chi connectivity index (χ4v) is 2.27. The van der Waals surface area contributed by atoms with E-state index in [0.717, 1.165) is 13.2 Å². The van der Waals surface area contributed by atoms with Crippen molar-refractivity contribution in [1.82, 2.24) is 0 Å². The lowest BCUT2D eigenvalue weighted by Crippen LogP contribution is -2.46. The number of rotatable bonds is 1. The fourth-order valence-electron chi connectivity index (χ4n) is 2.27. The summed E-state index contributed by atoms with van der Waals surface area (Å²) in [4.78, 5) is 0. The molecule has 3 heteroatoms. The van der Waals surface area contributed by atoms with E-state index in [1.807, 2.05) is 0 Å². The highest BCUT2D eigenvalue weighted by Crippen LogP contribution is 2.56. The lowest BCUT2D eigenvalue weighted by molar-refractivity contribution is 0.00521. The summed E-state index contributed by atoms with van der Waals surface area (Å²) in [7, 11) is 0. The molecule has 3 rings (SSSR count). The maximum atomic E-state index is 5.58. The highest BCUT2D eigenvalue weighted by atomic mass is 35.5. The maximum Gasteiger partial charge on any atom is 0.0668 e. The zero-order valence-corrected chi connectivity index (χ0v) is 7.04. The molecule has 2 bridgehead atoms. The van der Waals surface area contributed by atoms with Crippen molar-refractivity contribution in [2.75, 3.05) is 13.2 Å². The van der Waals surface area contributed by atoms with Crippen molar-refractivity contribution in [2.24, 2.45) is 11.1 Å². The van der Waals surface area contributed by atoms with Gasteiger partial charge in [-0.2, -0.15) is 0 Å². The normalized spacial score (nSPS) is 49.8. The van der Waals surface area contributed by atoms with Crippen LogP contribution in [-0.2, 0) is 4.74 Å². The second-order valence-corrected chi connectivity index (χ2v) is 3.80. The molecule has 3 aliphatic rings. The first-order chi connectivity index (χ1) is 4.18. The molecular weight excluding hydrogens is 150 g/mol. The van der Waals surface area contributed by atoms with E-state index in [-0.39, 0.29) is 18.0 Å². The molecule has 2 nitrogen and oxygen atoms in total. The molecule has 0 spiro atoms. The SMILES string of the molecule is CC12CC(CN)(CO1)C2.Cl. The minimum Gasteiger partial charge on any atom is -0.375 e. The molecule has 2 aliphatic heterocycles. The maximum absolute atomic E-state index is 5.58. The van der Waals surface area contributed by atoms with Crippen LogP contribution in [0.15, 0.2) is 0 Å². The summed E-state index contributed by atoms with van der Waals surface area (Å²) in [5.41, 5.74) is 6.20. The number of halogens is 1. The number of nitrogens with two attached hydrogens (primary N) is 1. The smallest absolute Gasteiger partial charge is 0.0668 e. The number of ether oxygens (including phenoxy) is 1. The Hall–Kier alpha value is 0.210. The third-order valence-corrected chi connectivity index (χ3v) is 2.66. The summed E-state index contributed by atoms with van der Waals surface area (Å²) in [6, 6.07) is 0. The molecule has 10 heavy (non-hydrogen) atoms. The number of hydrogen-bond donors (Lipinski definition) is 1. The van der Waals surface area contributed by atoms with Crippen LogP contribution in [0.1, 0.15) is 19.8 Å². The standard InChI is InChI=1S/C7H13NO.ClH/c1-6-2-7(3-6,4-8)5-9-6;/h2-5,8H2,1H3;1H. The van der Waals surface area contributed by atoms with Crippen LogP contribution in [0, 0.1) is 5.41 Å². The van der Waals surface area contributed by atoms with Gasteiger partial charge in [0.25, 0.3) is 0 Å². The van der Waals surface area contributed by atoms with Crippen molar-refractivity contribution in [2.45, 2.75) is 25.4 Å². The van der Waals surface area contributed by atoms with Gasteiger partial charge in [-0.1, -0.05) is 0 Å². The predicted molar refractivity (Wildman–Crippen MR) is 42.3 cm³/mol. The van der Waals surface area contributed by atoms with E-state index in [1.54, 1.807) is 0 Å². The molecule has 0 radical (unpaired) electrons. The van der Waals surface area contributed by atoms with E-state index in [1.165, 1.54) is 12.8 Å². The van der Waals surface area contributed by atoms with Gasteiger partial charge in [0.15, 0.2) is 0 Å². The predicted octanol–water partition coefficient (Wildman–Crippen LogP) is 0.936. The van der Waals surface area contributed by atoms with Crippen LogP contribution in [0.25, 0.3) is 0 Å². The van der Waals surface area contributed by atoms with E-state index < -0.39 is 0 Å². The topological polar surface area (TPSA) is 35.2 Å². The van der Waals surface area contributed by atoms with Gasteiger partial charge in [-0.3, -0.25) is 0 Å². The van der Waals surface area contributed by atoms with Crippen LogP contribution >= 0.6 is 12.4 Å². The van der Waals surface area contributed by atoms with Crippen molar-refractivity contribution in [3.05, 3.63) is 0 Å². The van der Waals surface area contributed by atoms with Crippen LogP contribution in [-0.4, -0.2) is 18.8 Å². The molecule has 0 aromatic rings. The number of hydrogen-bond acceptors (Lipinski definition) is 2. The first kappa shape index (κ1) is 8.31. The van der Waals surface area contributed by atoms with Crippen molar-refractivity contribution in [1.29, 1.82) is 0 Å². The lowest BCUT2D eigenvalue weighted by Gasteiger charge is -2.41. The Labute approximate surface area is 67.5 Å². The van der Waals surface area contributed by atoms with Gasteiger partial charge in [-0.15, -0.1) is 12.4 Å². The van der Waals surface area contributed by atoms with Crippen LogP contribution in [0.2, 0.25) is 0 Å². The fraction of sp³-hybridized carbons (Fsp3) is 1.00. The van der Waals surface area contributed by atoms with Gasteiger partial charge >= 0.3 is 0 Å². The van der Waals surface area contributed by atoms with E-state index in [9.17, 15) is 0 Å². The Morgan fingerprint density at radius 2 is 2.10 bits per heavy atom. The molecule has 3 fully saturated rings. The van der Waals surface area contributed by atoms with Crippen LogP contribution in [0.5, 0.6) is 0 Å². The van der Waals surface area contributed by atoms with Gasteiger partial charge in [-0.05, 0) is 19.8 Å². The molecule has 0 amide bonds. The average molecular weight is 164 g/mol. The van der Waals surface area contributed by atoms with Crippen LogP contribution in [0.4, 0.5) is 0 Å². The summed E-state index contributed by atoms with van der Waals surface area (Å²) in [5.74, 6) is 0.